The number of nitrogens with two attached hydrogens (primary N) is 1. The second-order valence-corrected chi connectivity index (χ2v) is 5.39. The van der Waals surface area contributed by atoms with Gasteiger partial charge >= 0.3 is 0 Å². The SMILES string of the molecule is CCN(CC)c1ccc(NC(=O)C2(N)CCCC2)cn1. The highest BCUT2D eigenvalue weighted by Gasteiger charge is 2.36. The predicted molar refractivity (Wildman–Crippen MR) is 81.8 cm³/mol. The monoisotopic (exact) mass is 276 g/mol. The third-order valence-electron chi connectivity index (χ3n) is 4.04. The van der Waals surface area contributed by atoms with Crippen LogP contribution in [-0.4, -0.2) is 29.5 Å². The molecule has 1 aliphatic rings. The summed E-state index contributed by atoms with van der Waals surface area (Å²) in [5, 5.41) is 2.88. The molecule has 1 amide bonds. The Morgan fingerprint density at radius 1 is 1.35 bits per heavy atom. The Bertz CT molecular complexity index is 447. The number of hydrogen-bond acceptors (Lipinski definition) is 4. The van der Waals surface area contributed by atoms with Gasteiger partial charge in [0.2, 0.25) is 5.91 Å². The number of anilines is 2. The normalized spacial score (nSPS) is 16.9. The molecule has 0 spiro atoms. The van der Waals surface area contributed by atoms with Crippen molar-refractivity contribution >= 4 is 17.4 Å². The van der Waals surface area contributed by atoms with Crippen molar-refractivity contribution in [2.75, 3.05) is 23.3 Å². The molecule has 1 heterocycles. The fourth-order valence-corrected chi connectivity index (χ4v) is 2.68. The highest BCUT2D eigenvalue weighted by atomic mass is 16.2. The zero-order valence-electron chi connectivity index (χ0n) is 12.4. The molecule has 110 valence electrons. The Kier molecular flexibility index (Phi) is 4.60. The van der Waals surface area contributed by atoms with Gasteiger partial charge in [0.1, 0.15) is 5.82 Å². The van der Waals surface area contributed by atoms with E-state index in [0.717, 1.165) is 44.6 Å². The maximum atomic E-state index is 12.2. The molecule has 0 aromatic carbocycles. The number of carbonyl (C=O) groups excluding carboxylic acids is 1. The molecule has 5 heteroatoms. The van der Waals surface area contributed by atoms with Crippen LogP contribution in [0.3, 0.4) is 0 Å². The van der Waals surface area contributed by atoms with E-state index in [-0.39, 0.29) is 5.91 Å². The summed E-state index contributed by atoms with van der Waals surface area (Å²) in [6.45, 7) is 6.03. The third-order valence-corrected chi connectivity index (χ3v) is 4.04. The lowest BCUT2D eigenvalue weighted by molar-refractivity contribution is -0.121. The van der Waals surface area contributed by atoms with E-state index in [0.29, 0.717) is 5.69 Å². The van der Waals surface area contributed by atoms with Gasteiger partial charge in [0, 0.05) is 13.1 Å². The summed E-state index contributed by atoms with van der Waals surface area (Å²) in [5.41, 5.74) is 6.14. The van der Waals surface area contributed by atoms with E-state index in [1.54, 1.807) is 6.20 Å². The van der Waals surface area contributed by atoms with Crippen LogP contribution in [0.25, 0.3) is 0 Å². The van der Waals surface area contributed by atoms with E-state index in [9.17, 15) is 4.79 Å². The van der Waals surface area contributed by atoms with E-state index in [4.69, 9.17) is 5.73 Å². The van der Waals surface area contributed by atoms with Crippen LogP contribution in [0.4, 0.5) is 11.5 Å². The number of nitrogens with one attached hydrogen (secondary N) is 1. The van der Waals surface area contributed by atoms with Crippen LogP contribution in [0, 0.1) is 0 Å². The second-order valence-electron chi connectivity index (χ2n) is 5.39. The molecular weight excluding hydrogens is 252 g/mol. The zero-order chi connectivity index (χ0) is 14.6. The van der Waals surface area contributed by atoms with Crippen molar-refractivity contribution in [3.63, 3.8) is 0 Å². The molecule has 3 N–H and O–H groups in total. The maximum Gasteiger partial charge on any atom is 0.244 e. The largest absolute Gasteiger partial charge is 0.357 e. The molecule has 20 heavy (non-hydrogen) atoms. The molecule has 1 aliphatic carbocycles. The summed E-state index contributed by atoms with van der Waals surface area (Å²) < 4.78 is 0. The molecule has 0 atom stereocenters. The first-order chi connectivity index (χ1) is 9.59. The van der Waals surface area contributed by atoms with Crippen molar-refractivity contribution in [2.45, 2.75) is 45.1 Å². The highest BCUT2D eigenvalue weighted by molar-refractivity contribution is 5.98. The minimum absolute atomic E-state index is 0.0904. The summed E-state index contributed by atoms with van der Waals surface area (Å²) in [7, 11) is 0. The molecule has 5 nitrogen and oxygen atoms in total. The standard InChI is InChI=1S/C15H24N4O/c1-3-19(4-2)13-8-7-12(11-17-13)18-14(20)15(16)9-5-6-10-15/h7-8,11H,3-6,9-10,16H2,1-2H3,(H,18,20). The Morgan fingerprint density at radius 2 is 2.00 bits per heavy atom. The van der Waals surface area contributed by atoms with E-state index in [1.165, 1.54) is 0 Å². The van der Waals surface area contributed by atoms with Gasteiger partial charge in [-0.3, -0.25) is 4.79 Å². The van der Waals surface area contributed by atoms with E-state index in [1.807, 2.05) is 12.1 Å². The van der Waals surface area contributed by atoms with Gasteiger partial charge in [0.15, 0.2) is 0 Å². The van der Waals surface area contributed by atoms with Crippen LogP contribution < -0.4 is 16.0 Å². The number of amides is 1. The molecule has 1 aromatic heterocycles. The fraction of sp³-hybridized carbons (Fsp3) is 0.600. The van der Waals surface area contributed by atoms with Crippen LogP contribution in [0.5, 0.6) is 0 Å². The number of pyridine rings is 1. The maximum absolute atomic E-state index is 12.2. The predicted octanol–water partition coefficient (Wildman–Crippen LogP) is 2.14. The molecular formula is C15H24N4O. The molecule has 0 bridgehead atoms. The molecule has 0 radical (unpaired) electrons. The van der Waals surface area contributed by atoms with Crippen LogP contribution in [-0.2, 0) is 4.79 Å². The van der Waals surface area contributed by atoms with Gasteiger partial charge < -0.3 is 16.0 Å². The lowest BCUT2D eigenvalue weighted by atomic mass is 9.98. The summed E-state index contributed by atoms with van der Waals surface area (Å²) in [6, 6.07) is 3.82. The van der Waals surface area contributed by atoms with Gasteiger partial charge in [-0.15, -0.1) is 0 Å². The van der Waals surface area contributed by atoms with Crippen LogP contribution in [0.15, 0.2) is 18.3 Å². The van der Waals surface area contributed by atoms with Gasteiger partial charge in [-0.2, -0.15) is 0 Å². The number of hydrogen-bond donors (Lipinski definition) is 2. The summed E-state index contributed by atoms with van der Waals surface area (Å²) in [4.78, 5) is 18.7. The van der Waals surface area contributed by atoms with Crippen LogP contribution >= 0.6 is 0 Å². The number of rotatable bonds is 5. The second kappa shape index (κ2) is 6.22. The first kappa shape index (κ1) is 14.8. The number of nitrogens with zero attached hydrogens (tertiary/aromatic N) is 2. The Labute approximate surface area is 120 Å². The van der Waals surface area contributed by atoms with Crippen molar-refractivity contribution in [1.29, 1.82) is 0 Å². The molecule has 1 fully saturated rings. The third kappa shape index (κ3) is 3.10. The minimum Gasteiger partial charge on any atom is -0.357 e. The van der Waals surface area contributed by atoms with Crippen molar-refractivity contribution in [3.8, 4) is 0 Å². The molecule has 0 aliphatic heterocycles. The van der Waals surface area contributed by atoms with Crippen molar-refractivity contribution in [3.05, 3.63) is 18.3 Å². The van der Waals surface area contributed by atoms with Gasteiger partial charge in [0.05, 0.1) is 17.4 Å². The van der Waals surface area contributed by atoms with Gasteiger partial charge in [-0.1, -0.05) is 12.8 Å². The van der Waals surface area contributed by atoms with Crippen molar-refractivity contribution in [2.24, 2.45) is 5.73 Å². The lowest BCUT2D eigenvalue weighted by Gasteiger charge is -2.23. The Morgan fingerprint density at radius 3 is 2.50 bits per heavy atom. The number of aromatic nitrogens is 1. The Balaban J connectivity index is 2.02. The van der Waals surface area contributed by atoms with E-state index in [2.05, 4.69) is 29.0 Å². The molecule has 1 aromatic rings. The molecule has 0 saturated heterocycles. The van der Waals surface area contributed by atoms with Crippen molar-refractivity contribution in [1.82, 2.24) is 4.98 Å². The lowest BCUT2D eigenvalue weighted by Crippen LogP contribution is -2.48. The van der Waals surface area contributed by atoms with Crippen molar-refractivity contribution < 1.29 is 4.79 Å². The van der Waals surface area contributed by atoms with Gasteiger partial charge in [0.25, 0.3) is 0 Å². The minimum atomic E-state index is -0.697. The summed E-state index contributed by atoms with van der Waals surface area (Å²) in [6.07, 6.45) is 5.30. The number of carbonyl (C=O) groups is 1. The smallest absolute Gasteiger partial charge is 0.244 e. The van der Waals surface area contributed by atoms with Gasteiger partial charge in [-0.05, 0) is 38.8 Å². The topological polar surface area (TPSA) is 71.2 Å². The van der Waals surface area contributed by atoms with Crippen LogP contribution in [0.1, 0.15) is 39.5 Å². The van der Waals surface area contributed by atoms with Crippen LogP contribution in [0.2, 0.25) is 0 Å². The average Bonchev–Trinajstić information content (AvgIpc) is 2.90. The highest BCUT2D eigenvalue weighted by Crippen LogP contribution is 2.28. The van der Waals surface area contributed by atoms with E-state index >= 15 is 0 Å². The quantitative estimate of drug-likeness (QED) is 0.864. The zero-order valence-corrected chi connectivity index (χ0v) is 12.4. The first-order valence-electron chi connectivity index (χ1n) is 7.40. The summed E-state index contributed by atoms with van der Waals surface area (Å²) >= 11 is 0. The Hall–Kier alpha value is -1.62. The first-order valence-corrected chi connectivity index (χ1v) is 7.40. The van der Waals surface area contributed by atoms with E-state index < -0.39 is 5.54 Å². The fourth-order valence-electron chi connectivity index (χ4n) is 2.68. The average molecular weight is 276 g/mol. The van der Waals surface area contributed by atoms with Gasteiger partial charge in [-0.25, -0.2) is 4.98 Å². The molecule has 1 saturated carbocycles. The molecule has 0 unspecified atom stereocenters. The summed E-state index contributed by atoms with van der Waals surface area (Å²) in [5.74, 6) is 0.837. The molecule has 2 rings (SSSR count).